The van der Waals surface area contributed by atoms with Crippen molar-refractivity contribution >= 4 is 46.8 Å². The van der Waals surface area contributed by atoms with Gasteiger partial charge in [-0.15, -0.1) is 0 Å². The highest BCUT2D eigenvalue weighted by Crippen LogP contribution is 2.19. The molecule has 0 unspecified atom stereocenters. The van der Waals surface area contributed by atoms with Gasteiger partial charge in [0, 0.05) is 27.0 Å². The van der Waals surface area contributed by atoms with Crippen LogP contribution < -0.4 is 4.65 Å². The molecule has 1 N–H and O–H groups in total. The molecule has 2 aromatic heterocycles. The van der Waals surface area contributed by atoms with Gasteiger partial charge in [0.25, 0.3) is 0 Å². The summed E-state index contributed by atoms with van der Waals surface area (Å²) in [7, 11) is 0.628. The first-order chi connectivity index (χ1) is 15.4. The maximum absolute atomic E-state index is 8.21. The number of pyridine rings is 2. The topological polar surface area (TPSA) is 55.2 Å². The van der Waals surface area contributed by atoms with Gasteiger partial charge < -0.3 is 9.68 Å². The molecule has 32 heavy (non-hydrogen) atoms. The molecule has 0 saturated carbocycles. The molecule has 0 spiro atoms. The van der Waals surface area contributed by atoms with Gasteiger partial charge in [-0.05, 0) is 90.4 Å². The van der Waals surface area contributed by atoms with Crippen LogP contribution in [0.2, 0.25) is 10.0 Å². The smallest absolute Gasteiger partial charge is 0.537 e. The van der Waals surface area contributed by atoms with Crippen molar-refractivity contribution in [2.24, 2.45) is 0 Å². The molecule has 163 valence electrons. The standard InChI is InChI=1S/C12H10ClN.C6H5BClO2.C6H6BrN/c1-9-3-2-4-12(14-9)10-5-7-11(13)8-6-10;8-5-1-3-6(4-2-5)10-7-9;1-5-3-2-4-6(7)8-5/h2-8H,1H3;1-4,9H;2-4H,1H3. The Morgan fingerprint density at radius 1 is 0.750 bits per heavy atom. The van der Waals surface area contributed by atoms with Gasteiger partial charge in [-0.2, -0.15) is 0 Å². The highest BCUT2D eigenvalue weighted by atomic mass is 79.9. The molecule has 0 aliphatic heterocycles. The van der Waals surface area contributed by atoms with Crippen molar-refractivity contribution in [2.75, 3.05) is 0 Å². The summed E-state index contributed by atoms with van der Waals surface area (Å²) in [5, 5.41) is 9.60. The Kier molecular flexibility index (Phi) is 11.3. The lowest BCUT2D eigenvalue weighted by atomic mass is 10.1. The third kappa shape index (κ3) is 9.83. The highest BCUT2D eigenvalue weighted by molar-refractivity contribution is 9.10. The SMILES string of the molecule is Cc1cccc(-c2ccc(Cl)cc2)n1.Cc1cccc(Br)n1.O[B]Oc1ccc(Cl)cc1. The number of rotatable bonds is 3. The number of aromatic nitrogens is 2. The summed E-state index contributed by atoms with van der Waals surface area (Å²) >= 11 is 14.6. The van der Waals surface area contributed by atoms with Crippen molar-refractivity contribution in [1.29, 1.82) is 0 Å². The number of benzene rings is 2. The van der Waals surface area contributed by atoms with Gasteiger partial charge in [0.1, 0.15) is 10.4 Å². The molecule has 2 heterocycles. The van der Waals surface area contributed by atoms with Gasteiger partial charge in [-0.25, -0.2) is 4.98 Å². The van der Waals surface area contributed by atoms with Crippen molar-refractivity contribution in [2.45, 2.75) is 13.8 Å². The Hall–Kier alpha value is -2.38. The number of aryl methyl sites for hydroxylation is 2. The predicted molar refractivity (Wildman–Crippen MR) is 136 cm³/mol. The summed E-state index contributed by atoms with van der Waals surface area (Å²) in [6.07, 6.45) is 0. The fourth-order valence-corrected chi connectivity index (χ4v) is 3.09. The average molecular weight is 531 g/mol. The molecule has 1 radical (unpaired) electrons. The van der Waals surface area contributed by atoms with E-state index in [4.69, 9.17) is 28.2 Å². The lowest BCUT2D eigenvalue weighted by Crippen LogP contribution is -1.98. The monoisotopic (exact) mass is 529 g/mol. The predicted octanol–water partition coefficient (Wildman–Crippen LogP) is 7.11. The van der Waals surface area contributed by atoms with Crippen LogP contribution in [0, 0.1) is 13.8 Å². The molecular formula is C24H21BBrCl2N2O2. The van der Waals surface area contributed by atoms with Crippen LogP contribution in [0.3, 0.4) is 0 Å². The molecule has 0 atom stereocenters. The first-order valence-electron chi connectivity index (χ1n) is 9.54. The van der Waals surface area contributed by atoms with Gasteiger partial charge in [-0.3, -0.25) is 4.98 Å². The van der Waals surface area contributed by atoms with E-state index in [2.05, 4.69) is 30.6 Å². The van der Waals surface area contributed by atoms with E-state index in [-0.39, 0.29) is 0 Å². The van der Waals surface area contributed by atoms with E-state index in [0.29, 0.717) is 18.5 Å². The van der Waals surface area contributed by atoms with Gasteiger partial charge in [0.15, 0.2) is 0 Å². The zero-order valence-electron chi connectivity index (χ0n) is 17.5. The Morgan fingerprint density at radius 2 is 1.28 bits per heavy atom. The molecule has 8 heteroatoms. The molecular weight excluding hydrogens is 510 g/mol. The van der Waals surface area contributed by atoms with E-state index in [1.807, 2.05) is 74.5 Å². The van der Waals surface area contributed by atoms with Crippen LogP contribution >= 0.6 is 39.1 Å². The number of nitrogens with zero attached hydrogens (tertiary/aromatic N) is 2. The zero-order valence-corrected chi connectivity index (χ0v) is 20.6. The number of hydrogen-bond acceptors (Lipinski definition) is 4. The van der Waals surface area contributed by atoms with Crippen molar-refractivity contribution < 1.29 is 9.68 Å². The normalized spacial score (nSPS) is 9.56. The minimum absolute atomic E-state index is 0.562. The van der Waals surface area contributed by atoms with E-state index in [1.54, 1.807) is 24.3 Å². The lowest BCUT2D eigenvalue weighted by Gasteiger charge is -2.01. The summed E-state index contributed by atoms with van der Waals surface area (Å²) in [6.45, 7) is 3.95. The lowest BCUT2D eigenvalue weighted by molar-refractivity contribution is 0.454. The molecule has 4 nitrogen and oxygen atoms in total. The molecule has 0 aliphatic carbocycles. The molecule has 0 fully saturated rings. The quantitative estimate of drug-likeness (QED) is 0.226. The second kappa shape index (κ2) is 13.9. The van der Waals surface area contributed by atoms with Crippen molar-refractivity contribution in [3.05, 3.63) is 111 Å². The van der Waals surface area contributed by atoms with Crippen LogP contribution in [0.5, 0.6) is 5.75 Å². The van der Waals surface area contributed by atoms with Gasteiger partial charge in [-0.1, -0.05) is 47.5 Å². The molecule has 0 aliphatic rings. The van der Waals surface area contributed by atoms with E-state index < -0.39 is 0 Å². The van der Waals surface area contributed by atoms with Crippen LogP contribution in [-0.4, -0.2) is 22.7 Å². The summed E-state index contributed by atoms with van der Waals surface area (Å²) in [6, 6.07) is 26.2. The molecule has 0 amide bonds. The Labute approximate surface area is 207 Å². The summed E-state index contributed by atoms with van der Waals surface area (Å²) in [5.41, 5.74) is 4.15. The molecule has 0 saturated heterocycles. The Bertz CT molecular complexity index is 1080. The molecule has 0 bridgehead atoms. The van der Waals surface area contributed by atoms with Crippen LogP contribution in [0.1, 0.15) is 11.4 Å². The number of halogens is 3. The van der Waals surface area contributed by atoms with Crippen LogP contribution in [0.25, 0.3) is 11.3 Å². The van der Waals surface area contributed by atoms with Crippen LogP contribution in [-0.2, 0) is 0 Å². The summed E-state index contributed by atoms with van der Waals surface area (Å²) in [4.78, 5) is 8.52. The van der Waals surface area contributed by atoms with E-state index in [0.717, 1.165) is 32.3 Å². The largest absolute Gasteiger partial charge is 0.569 e. The third-order valence-corrected chi connectivity index (χ3v) is 4.83. The average Bonchev–Trinajstić information content (AvgIpc) is 2.77. The Balaban J connectivity index is 0.000000178. The Morgan fingerprint density at radius 3 is 1.75 bits per heavy atom. The van der Waals surface area contributed by atoms with E-state index in [9.17, 15) is 0 Å². The maximum Gasteiger partial charge on any atom is 0.569 e. The summed E-state index contributed by atoms with van der Waals surface area (Å²) < 4.78 is 5.53. The van der Waals surface area contributed by atoms with Gasteiger partial charge >= 0.3 is 7.69 Å². The van der Waals surface area contributed by atoms with Crippen molar-refractivity contribution in [3.8, 4) is 17.0 Å². The van der Waals surface area contributed by atoms with Crippen molar-refractivity contribution in [1.82, 2.24) is 9.97 Å². The zero-order chi connectivity index (χ0) is 23.3. The van der Waals surface area contributed by atoms with Gasteiger partial charge in [0.2, 0.25) is 0 Å². The number of hydrogen-bond donors (Lipinski definition) is 1. The second-order valence-corrected chi connectivity index (χ2v) is 8.14. The third-order valence-electron chi connectivity index (χ3n) is 3.89. The molecule has 4 rings (SSSR count). The van der Waals surface area contributed by atoms with Crippen LogP contribution in [0.4, 0.5) is 0 Å². The van der Waals surface area contributed by atoms with Gasteiger partial charge in [0.05, 0.1) is 5.69 Å². The maximum atomic E-state index is 8.21. The van der Waals surface area contributed by atoms with E-state index >= 15 is 0 Å². The molecule has 4 aromatic rings. The minimum Gasteiger partial charge on any atom is -0.537 e. The second-order valence-electron chi connectivity index (χ2n) is 6.45. The van der Waals surface area contributed by atoms with Crippen molar-refractivity contribution in [3.63, 3.8) is 0 Å². The first kappa shape index (κ1) is 25.9. The fourth-order valence-electron chi connectivity index (χ4n) is 2.41. The van der Waals surface area contributed by atoms with Crippen LogP contribution in [0.15, 0.2) is 89.5 Å². The summed E-state index contributed by atoms with van der Waals surface area (Å²) in [5.74, 6) is 0.562. The highest BCUT2D eigenvalue weighted by Gasteiger charge is 1.98. The first-order valence-corrected chi connectivity index (χ1v) is 11.1. The van der Waals surface area contributed by atoms with E-state index in [1.165, 1.54) is 0 Å². The minimum atomic E-state index is 0.562. The molecule has 2 aromatic carbocycles. The fraction of sp³-hybridized carbons (Fsp3) is 0.0833.